The number of aliphatic hydroxyl groups is 2. The lowest BCUT2D eigenvalue weighted by Gasteiger charge is -2.11. The molecule has 0 unspecified atom stereocenters. The zero-order valence-corrected chi connectivity index (χ0v) is 11.8. The molecule has 0 amide bonds. The van der Waals surface area contributed by atoms with Crippen LogP contribution in [0, 0.1) is 0 Å². The van der Waals surface area contributed by atoms with Gasteiger partial charge in [-0.1, -0.05) is 44.1 Å². The minimum Gasteiger partial charge on any atom is -0.457 e. The number of esters is 1. The summed E-state index contributed by atoms with van der Waals surface area (Å²) in [5.74, 6) is -0.434. The smallest absolute Gasteiger partial charge is 0.310 e. The lowest BCUT2D eigenvalue weighted by molar-refractivity contribution is -0.152. The molecule has 0 aliphatic heterocycles. The first-order valence-corrected chi connectivity index (χ1v) is 6.95. The topological polar surface area (TPSA) is 66.8 Å². The molecule has 0 heterocycles. The number of carbonyl (C=O) groups excluding carboxylic acids is 1. The zero-order valence-electron chi connectivity index (χ0n) is 11.8. The Morgan fingerprint density at radius 2 is 1.79 bits per heavy atom. The molecule has 0 fully saturated rings. The number of rotatable bonds is 11. The van der Waals surface area contributed by atoms with Gasteiger partial charge in [0.05, 0.1) is 19.6 Å². The average Bonchev–Trinajstić information content (AvgIpc) is 2.43. The quantitative estimate of drug-likeness (QED) is 0.343. The molecule has 0 aliphatic carbocycles. The van der Waals surface area contributed by atoms with Gasteiger partial charge in [-0.05, 0) is 19.3 Å². The zero-order chi connectivity index (χ0) is 14.3. The molecule has 0 radical (unpaired) electrons. The highest BCUT2D eigenvalue weighted by molar-refractivity contribution is 5.71. The Balaban J connectivity index is 3.59. The summed E-state index contributed by atoms with van der Waals surface area (Å²) in [7, 11) is 0. The second-order valence-corrected chi connectivity index (χ2v) is 4.36. The average molecular weight is 270 g/mol. The van der Waals surface area contributed by atoms with Crippen molar-refractivity contribution in [3.63, 3.8) is 0 Å². The molecule has 19 heavy (non-hydrogen) atoms. The third kappa shape index (κ3) is 11.7. The summed E-state index contributed by atoms with van der Waals surface area (Å²) in [4.78, 5) is 11.3. The molecule has 2 N–H and O–H groups in total. The van der Waals surface area contributed by atoms with Gasteiger partial charge in [-0.3, -0.25) is 4.79 Å². The van der Waals surface area contributed by atoms with Gasteiger partial charge in [0.2, 0.25) is 0 Å². The molecule has 0 saturated heterocycles. The van der Waals surface area contributed by atoms with Crippen molar-refractivity contribution < 1.29 is 19.7 Å². The van der Waals surface area contributed by atoms with Gasteiger partial charge in [0.15, 0.2) is 0 Å². The van der Waals surface area contributed by atoms with Gasteiger partial charge in [-0.15, -0.1) is 0 Å². The van der Waals surface area contributed by atoms with Crippen LogP contribution in [-0.4, -0.2) is 35.5 Å². The summed E-state index contributed by atoms with van der Waals surface area (Å²) in [6.07, 6.45) is 12.9. The van der Waals surface area contributed by atoms with E-state index in [0.29, 0.717) is 0 Å². The monoisotopic (exact) mass is 270 g/mol. The third-order valence-corrected chi connectivity index (χ3v) is 2.57. The van der Waals surface area contributed by atoms with Gasteiger partial charge in [0, 0.05) is 0 Å². The van der Waals surface area contributed by atoms with Crippen LogP contribution in [0.4, 0.5) is 0 Å². The van der Waals surface area contributed by atoms with Crippen molar-refractivity contribution in [2.24, 2.45) is 0 Å². The summed E-state index contributed by atoms with van der Waals surface area (Å²) in [5.41, 5.74) is 0. The summed E-state index contributed by atoms with van der Waals surface area (Å²) in [6, 6.07) is 0. The summed E-state index contributed by atoms with van der Waals surface area (Å²) >= 11 is 0. The number of carbonyl (C=O) groups is 1. The largest absolute Gasteiger partial charge is 0.457 e. The van der Waals surface area contributed by atoms with Crippen LogP contribution in [0.5, 0.6) is 0 Å². The Labute approximate surface area is 115 Å². The standard InChI is InChI=1S/C15H26O4/c1-2-3-4-5-6-7-8-9-10-11-15(18)19-14(12-16)13-17/h6-7,9-10,14,16-17H,2-5,8,11-13H2,1H3/b7-6+,10-9-. The molecule has 0 aromatic carbocycles. The van der Waals surface area contributed by atoms with Crippen LogP contribution in [-0.2, 0) is 9.53 Å². The Hall–Kier alpha value is -1.13. The van der Waals surface area contributed by atoms with Crippen LogP contribution in [0.1, 0.15) is 45.4 Å². The van der Waals surface area contributed by atoms with E-state index in [2.05, 4.69) is 19.1 Å². The summed E-state index contributed by atoms with van der Waals surface area (Å²) in [6.45, 7) is 1.47. The first-order valence-electron chi connectivity index (χ1n) is 6.95. The SMILES string of the molecule is CCCCC/C=C/C/C=C\CC(=O)OC(CO)CO. The van der Waals surface area contributed by atoms with Crippen LogP contribution in [0.15, 0.2) is 24.3 Å². The highest BCUT2D eigenvalue weighted by Gasteiger charge is 2.10. The first kappa shape index (κ1) is 17.9. The summed E-state index contributed by atoms with van der Waals surface area (Å²) < 4.78 is 4.81. The van der Waals surface area contributed by atoms with E-state index in [1.807, 2.05) is 6.08 Å². The van der Waals surface area contributed by atoms with Gasteiger partial charge >= 0.3 is 5.97 Å². The molecule has 110 valence electrons. The molecule has 0 atom stereocenters. The Morgan fingerprint density at radius 1 is 1.11 bits per heavy atom. The van der Waals surface area contributed by atoms with Gasteiger partial charge in [-0.2, -0.15) is 0 Å². The molecule has 0 saturated carbocycles. The minimum atomic E-state index is -0.806. The van der Waals surface area contributed by atoms with Gasteiger partial charge < -0.3 is 14.9 Å². The Kier molecular flexibility index (Phi) is 12.5. The maximum absolute atomic E-state index is 11.3. The molecule has 0 spiro atoms. The van der Waals surface area contributed by atoms with Crippen molar-refractivity contribution in [1.82, 2.24) is 0 Å². The van der Waals surface area contributed by atoms with Crippen molar-refractivity contribution in [1.29, 1.82) is 0 Å². The number of hydrogen-bond donors (Lipinski definition) is 2. The Morgan fingerprint density at radius 3 is 2.42 bits per heavy atom. The van der Waals surface area contributed by atoms with E-state index >= 15 is 0 Å². The van der Waals surface area contributed by atoms with E-state index in [1.165, 1.54) is 19.3 Å². The van der Waals surface area contributed by atoms with Gasteiger partial charge in [-0.25, -0.2) is 0 Å². The van der Waals surface area contributed by atoms with Gasteiger partial charge in [0.1, 0.15) is 6.10 Å². The molecule has 0 aliphatic rings. The predicted molar refractivity (Wildman–Crippen MR) is 75.7 cm³/mol. The van der Waals surface area contributed by atoms with Crippen LogP contribution in [0.2, 0.25) is 0 Å². The fraction of sp³-hybridized carbons (Fsp3) is 0.667. The number of hydrogen-bond acceptors (Lipinski definition) is 4. The van der Waals surface area contributed by atoms with Crippen LogP contribution in [0.25, 0.3) is 0 Å². The molecule has 0 aromatic rings. The molecule has 0 aromatic heterocycles. The van der Waals surface area contributed by atoms with Crippen molar-refractivity contribution in [3.05, 3.63) is 24.3 Å². The fourth-order valence-corrected chi connectivity index (χ4v) is 1.45. The number of ether oxygens (including phenoxy) is 1. The van der Waals surface area contributed by atoms with E-state index in [0.717, 1.165) is 12.8 Å². The number of unbranched alkanes of at least 4 members (excludes halogenated alkanes) is 3. The Bertz CT molecular complexity index is 267. The number of aliphatic hydroxyl groups excluding tert-OH is 2. The van der Waals surface area contributed by atoms with Crippen LogP contribution < -0.4 is 0 Å². The van der Waals surface area contributed by atoms with Crippen LogP contribution in [0.3, 0.4) is 0 Å². The first-order chi connectivity index (χ1) is 9.24. The molecular weight excluding hydrogens is 244 g/mol. The van der Waals surface area contributed by atoms with E-state index < -0.39 is 12.1 Å². The molecule has 4 nitrogen and oxygen atoms in total. The van der Waals surface area contributed by atoms with Crippen molar-refractivity contribution in [3.8, 4) is 0 Å². The number of allylic oxidation sites excluding steroid dienone is 3. The van der Waals surface area contributed by atoms with E-state index in [4.69, 9.17) is 14.9 Å². The van der Waals surface area contributed by atoms with Gasteiger partial charge in [0.25, 0.3) is 0 Å². The molecule has 0 bridgehead atoms. The van der Waals surface area contributed by atoms with Crippen LogP contribution >= 0.6 is 0 Å². The maximum Gasteiger partial charge on any atom is 0.310 e. The maximum atomic E-state index is 11.3. The molecule has 0 rings (SSSR count). The summed E-state index contributed by atoms with van der Waals surface area (Å²) in [5, 5.41) is 17.5. The minimum absolute atomic E-state index is 0.167. The van der Waals surface area contributed by atoms with E-state index in [9.17, 15) is 4.79 Å². The third-order valence-electron chi connectivity index (χ3n) is 2.57. The fourth-order valence-electron chi connectivity index (χ4n) is 1.45. The van der Waals surface area contributed by atoms with Crippen molar-refractivity contribution in [2.45, 2.75) is 51.6 Å². The normalized spacial score (nSPS) is 11.8. The highest BCUT2D eigenvalue weighted by atomic mass is 16.6. The van der Waals surface area contributed by atoms with Crippen molar-refractivity contribution >= 4 is 5.97 Å². The second-order valence-electron chi connectivity index (χ2n) is 4.36. The molecule has 4 heteroatoms. The second kappa shape index (κ2) is 13.3. The lowest BCUT2D eigenvalue weighted by atomic mass is 10.2. The van der Waals surface area contributed by atoms with E-state index in [-0.39, 0.29) is 19.6 Å². The van der Waals surface area contributed by atoms with E-state index in [1.54, 1.807) is 6.08 Å². The van der Waals surface area contributed by atoms with Crippen molar-refractivity contribution in [2.75, 3.05) is 13.2 Å². The predicted octanol–water partition coefficient (Wildman–Crippen LogP) is 2.36. The molecular formula is C15H26O4. The lowest BCUT2D eigenvalue weighted by Crippen LogP contribution is -2.25. The highest BCUT2D eigenvalue weighted by Crippen LogP contribution is 2.01.